The van der Waals surface area contributed by atoms with Crippen LogP contribution in [0, 0.1) is 5.82 Å². The molecule has 3 aromatic rings. The van der Waals surface area contributed by atoms with Crippen molar-refractivity contribution < 1.29 is 18.7 Å². The predicted octanol–water partition coefficient (Wildman–Crippen LogP) is 5.87. The van der Waals surface area contributed by atoms with Crippen molar-refractivity contribution in [2.24, 2.45) is 4.99 Å². The van der Waals surface area contributed by atoms with Gasteiger partial charge in [0, 0.05) is 5.56 Å². The molecule has 31 heavy (non-hydrogen) atoms. The minimum Gasteiger partial charge on any atom is -0.489 e. The van der Waals surface area contributed by atoms with Crippen molar-refractivity contribution in [2.45, 2.75) is 26.4 Å². The quantitative estimate of drug-likeness (QED) is 0.374. The van der Waals surface area contributed by atoms with Gasteiger partial charge in [0.05, 0.1) is 0 Å². The number of benzene rings is 3. The van der Waals surface area contributed by atoms with Gasteiger partial charge in [0.25, 0.3) is 0 Å². The van der Waals surface area contributed by atoms with Crippen molar-refractivity contribution in [2.75, 3.05) is 0 Å². The third-order valence-corrected chi connectivity index (χ3v) is 4.90. The van der Waals surface area contributed by atoms with Gasteiger partial charge >= 0.3 is 5.97 Å². The smallest absolute Gasteiger partial charge is 0.363 e. The van der Waals surface area contributed by atoms with E-state index in [9.17, 15) is 9.18 Å². The fourth-order valence-corrected chi connectivity index (χ4v) is 3.19. The summed E-state index contributed by atoms with van der Waals surface area (Å²) in [6.45, 7) is 4.49. The van der Waals surface area contributed by atoms with Crippen LogP contribution >= 0.6 is 0 Å². The zero-order chi connectivity index (χ0) is 21.8. The molecule has 0 aliphatic carbocycles. The van der Waals surface area contributed by atoms with E-state index in [4.69, 9.17) is 9.47 Å². The standard InChI is InChI=1S/C26H22FNO3/c1-17(2)20-9-11-21(12-10-20)25-28-24(26(29)31-25)15-18-5-4-8-23(14-18)30-16-19-6-3-7-22(27)13-19/h3-15,17H,16H2,1-2H3/b24-15-. The molecule has 0 N–H and O–H groups in total. The molecule has 0 aromatic heterocycles. The van der Waals surface area contributed by atoms with E-state index in [1.807, 2.05) is 36.4 Å². The molecule has 156 valence electrons. The number of carbonyl (C=O) groups excluding carboxylic acids is 1. The summed E-state index contributed by atoms with van der Waals surface area (Å²) in [6.07, 6.45) is 1.66. The second-order valence-electron chi connectivity index (χ2n) is 7.60. The van der Waals surface area contributed by atoms with Crippen LogP contribution in [0.3, 0.4) is 0 Å². The molecule has 0 radical (unpaired) electrons. The lowest BCUT2D eigenvalue weighted by atomic mass is 10.0. The molecular formula is C26H22FNO3. The Morgan fingerprint density at radius 2 is 1.81 bits per heavy atom. The second kappa shape index (κ2) is 8.96. The molecule has 5 heteroatoms. The maximum absolute atomic E-state index is 13.3. The van der Waals surface area contributed by atoms with Gasteiger partial charge in [0.1, 0.15) is 18.2 Å². The molecule has 1 aliphatic heterocycles. The molecule has 4 rings (SSSR count). The van der Waals surface area contributed by atoms with E-state index in [0.29, 0.717) is 17.6 Å². The Morgan fingerprint density at radius 1 is 1.03 bits per heavy atom. The highest BCUT2D eigenvalue weighted by Gasteiger charge is 2.24. The molecule has 0 spiro atoms. The van der Waals surface area contributed by atoms with Crippen LogP contribution in [0.1, 0.15) is 42.0 Å². The normalized spacial score (nSPS) is 14.6. The second-order valence-corrected chi connectivity index (χ2v) is 7.60. The highest BCUT2D eigenvalue weighted by atomic mass is 19.1. The fraction of sp³-hybridized carbons (Fsp3) is 0.154. The predicted molar refractivity (Wildman–Crippen MR) is 118 cm³/mol. The Labute approximate surface area is 180 Å². The van der Waals surface area contributed by atoms with E-state index < -0.39 is 5.97 Å². The monoisotopic (exact) mass is 415 g/mol. The molecule has 0 atom stereocenters. The van der Waals surface area contributed by atoms with Crippen LogP contribution in [-0.2, 0) is 16.1 Å². The largest absolute Gasteiger partial charge is 0.489 e. The lowest BCUT2D eigenvalue weighted by Crippen LogP contribution is -2.05. The van der Waals surface area contributed by atoms with Gasteiger partial charge in [-0.05, 0) is 65.1 Å². The average Bonchev–Trinajstić information content (AvgIpc) is 3.13. The third kappa shape index (κ3) is 5.07. The van der Waals surface area contributed by atoms with Gasteiger partial charge in [-0.1, -0.05) is 50.2 Å². The fourth-order valence-electron chi connectivity index (χ4n) is 3.19. The zero-order valence-electron chi connectivity index (χ0n) is 17.3. The van der Waals surface area contributed by atoms with E-state index in [1.165, 1.54) is 17.7 Å². The number of ether oxygens (including phenoxy) is 2. The highest BCUT2D eigenvalue weighted by Crippen LogP contribution is 2.23. The number of nitrogens with zero attached hydrogens (tertiary/aromatic N) is 1. The maximum Gasteiger partial charge on any atom is 0.363 e. The van der Waals surface area contributed by atoms with Crippen LogP contribution in [-0.4, -0.2) is 11.9 Å². The Balaban J connectivity index is 1.50. The summed E-state index contributed by atoms with van der Waals surface area (Å²) >= 11 is 0. The molecule has 4 nitrogen and oxygen atoms in total. The summed E-state index contributed by atoms with van der Waals surface area (Å²) in [4.78, 5) is 16.7. The number of aliphatic imine (C=N–C) groups is 1. The molecule has 0 saturated carbocycles. The zero-order valence-corrected chi connectivity index (χ0v) is 17.3. The van der Waals surface area contributed by atoms with Gasteiger partial charge in [-0.25, -0.2) is 14.2 Å². The Morgan fingerprint density at radius 3 is 2.55 bits per heavy atom. The summed E-state index contributed by atoms with van der Waals surface area (Å²) in [5, 5.41) is 0. The van der Waals surface area contributed by atoms with E-state index in [1.54, 1.807) is 30.3 Å². The van der Waals surface area contributed by atoms with Gasteiger partial charge in [0.2, 0.25) is 5.90 Å². The van der Waals surface area contributed by atoms with Crippen molar-refractivity contribution in [3.8, 4) is 5.75 Å². The van der Waals surface area contributed by atoms with Gasteiger partial charge in [0.15, 0.2) is 5.70 Å². The summed E-state index contributed by atoms with van der Waals surface area (Å²) < 4.78 is 24.4. The topological polar surface area (TPSA) is 47.9 Å². The highest BCUT2D eigenvalue weighted by molar-refractivity contribution is 6.12. The molecule has 0 unspecified atom stereocenters. The van der Waals surface area contributed by atoms with E-state index in [0.717, 1.165) is 16.7 Å². The molecule has 3 aromatic carbocycles. The summed E-state index contributed by atoms with van der Waals surface area (Å²) in [7, 11) is 0. The molecule has 0 saturated heterocycles. The van der Waals surface area contributed by atoms with E-state index in [2.05, 4.69) is 18.8 Å². The average molecular weight is 415 g/mol. The lowest BCUT2D eigenvalue weighted by Gasteiger charge is -2.07. The van der Waals surface area contributed by atoms with Gasteiger partial charge in [-0.2, -0.15) is 0 Å². The van der Waals surface area contributed by atoms with Crippen LogP contribution < -0.4 is 4.74 Å². The molecule has 0 bridgehead atoms. The van der Waals surface area contributed by atoms with Crippen LogP contribution in [0.15, 0.2) is 83.5 Å². The molecule has 0 fully saturated rings. The van der Waals surface area contributed by atoms with Crippen LogP contribution in [0.2, 0.25) is 0 Å². The minimum atomic E-state index is -0.492. The Kier molecular flexibility index (Phi) is 5.94. The molecule has 0 amide bonds. The summed E-state index contributed by atoms with van der Waals surface area (Å²) in [6, 6.07) is 21.4. The van der Waals surface area contributed by atoms with E-state index in [-0.39, 0.29) is 18.1 Å². The Hall–Kier alpha value is -3.73. The molecule has 1 heterocycles. The maximum atomic E-state index is 13.3. The van der Waals surface area contributed by atoms with Crippen LogP contribution in [0.5, 0.6) is 5.75 Å². The van der Waals surface area contributed by atoms with Crippen molar-refractivity contribution >= 4 is 17.9 Å². The van der Waals surface area contributed by atoms with Crippen molar-refractivity contribution in [3.05, 3.63) is 107 Å². The first-order valence-electron chi connectivity index (χ1n) is 10.1. The van der Waals surface area contributed by atoms with Gasteiger partial charge in [-0.15, -0.1) is 0 Å². The minimum absolute atomic E-state index is 0.227. The lowest BCUT2D eigenvalue weighted by molar-refractivity contribution is -0.129. The number of hydrogen-bond donors (Lipinski definition) is 0. The van der Waals surface area contributed by atoms with Gasteiger partial charge in [-0.3, -0.25) is 0 Å². The first-order chi connectivity index (χ1) is 15.0. The summed E-state index contributed by atoms with van der Waals surface area (Å²) in [5.41, 5.74) is 3.68. The SMILES string of the molecule is CC(C)c1ccc(C2=N/C(=C\c3cccc(OCc4cccc(F)c4)c3)C(=O)O2)cc1. The van der Waals surface area contributed by atoms with Gasteiger partial charge < -0.3 is 9.47 Å². The number of cyclic esters (lactones) is 1. The van der Waals surface area contributed by atoms with Crippen molar-refractivity contribution in [1.82, 2.24) is 0 Å². The number of carbonyl (C=O) groups is 1. The van der Waals surface area contributed by atoms with Crippen LogP contribution in [0.4, 0.5) is 4.39 Å². The number of halogens is 1. The van der Waals surface area contributed by atoms with Crippen molar-refractivity contribution in [3.63, 3.8) is 0 Å². The molecule has 1 aliphatic rings. The number of rotatable bonds is 6. The van der Waals surface area contributed by atoms with E-state index >= 15 is 0 Å². The van der Waals surface area contributed by atoms with Crippen LogP contribution in [0.25, 0.3) is 6.08 Å². The Bertz CT molecular complexity index is 1160. The summed E-state index contributed by atoms with van der Waals surface area (Å²) in [5.74, 6) is 0.539. The first-order valence-corrected chi connectivity index (χ1v) is 10.1. The third-order valence-electron chi connectivity index (χ3n) is 4.90. The number of esters is 1. The number of hydrogen-bond acceptors (Lipinski definition) is 4. The molecular weight excluding hydrogens is 393 g/mol. The van der Waals surface area contributed by atoms with Crippen molar-refractivity contribution in [1.29, 1.82) is 0 Å². The first kappa shape index (κ1) is 20.5.